The quantitative estimate of drug-likeness (QED) is 0.709. The van der Waals surface area contributed by atoms with Gasteiger partial charge in [-0.3, -0.25) is 9.59 Å². The van der Waals surface area contributed by atoms with Crippen molar-refractivity contribution in [2.24, 2.45) is 5.73 Å². The van der Waals surface area contributed by atoms with E-state index in [-0.39, 0.29) is 12.5 Å². The minimum atomic E-state index is -0.703. The summed E-state index contributed by atoms with van der Waals surface area (Å²) in [6, 6.07) is 4.78. The standard InChI is InChI=1S/C12H12BrIN2O3/c13-9-2-1-7(14)5-8(9)12(18)16-3-4-19-6-10(16)11(15)17/h1-2,5,10H,3-4,6H2,(H2,15,17). The van der Waals surface area contributed by atoms with Crippen LogP contribution >= 0.6 is 38.5 Å². The largest absolute Gasteiger partial charge is 0.377 e. The first kappa shape index (κ1) is 14.7. The van der Waals surface area contributed by atoms with Crippen molar-refractivity contribution in [3.05, 3.63) is 31.8 Å². The molecule has 1 aliphatic heterocycles. The topological polar surface area (TPSA) is 72.6 Å². The van der Waals surface area contributed by atoms with Gasteiger partial charge in [0, 0.05) is 14.6 Å². The number of ether oxygens (including phenoxy) is 1. The average Bonchev–Trinajstić information content (AvgIpc) is 2.40. The number of amides is 2. The number of halogens is 2. The molecular formula is C12H12BrIN2O3. The predicted molar refractivity (Wildman–Crippen MR) is 81.7 cm³/mol. The van der Waals surface area contributed by atoms with Crippen molar-refractivity contribution in [3.8, 4) is 0 Å². The molecule has 0 bridgehead atoms. The van der Waals surface area contributed by atoms with Crippen molar-refractivity contribution in [2.75, 3.05) is 19.8 Å². The second kappa shape index (κ2) is 6.19. The van der Waals surface area contributed by atoms with Crippen LogP contribution in [0.2, 0.25) is 0 Å². The summed E-state index contributed by atoms with van der Waals surface area (Å²) in [6.07, 6.45) is 0. The zero-order chi connectivity index (χ0) is 14.0. The van der Waals surface area contributed by atoms with E-state index in [1.54, 1.807) is 6.07 Å². The Morgan fingerprint density at radius 2 is 2.21 bits per heavy atom. The van der Waals surface area contributed by atoms with Gasteiger partial charge >= 0.3 is 0 Å². The Bertz CT molecular complexity index is 524. The van der Waals surface area contributed by atoms with Crippen molar-refractivity contribution in [1.82, 2.24) is 4.90 Å². The van der Waals surface area contributed by atoms with Gasteiger partial charge in [0.05, 0.1) is 18.8 Å². The van der Waals surface area contributed by atoms with E-state index in [1.165, 1.54) is 4.90 Å². The summed E-state index contributed by atoms with van der Waals surface area (Å²) in [5.41, 5.74) is 5.84. The summed E-state index contributed by atoms with van der Waals surface area (Å²) in [4.78, 5) is 25.4. The lowest BCUT2D eigenvalue weighted by Gasteiger charge is -2.33. The molecule has 0 spiro atoms. The van der Waals surface area contributed by atoms with E-state index in [9.17, 15) is 9.59 Å². The van der Waals surface area contributed by atoms with Crippen molar-refractivity contribution >= 4 is 50.3 Å². The molecular weight excluding hydrogens is 427 g/mol. The first-order valence-corrected chi connectivity index (χ1v) is 7.51. The van der Waals surface area contributed by atoms with Gasteiger partial charge in [0.25, 0.3) is 5.91 Å². The van der Waals surface area contributed by atoms with Crippen LogP contribution in [0.5, 0.6) is 0 Å². The van der Waals surface area contributed by atoms with Gasteiger partial charge in [-0.15, -0.1) is 0 Å². The number of rotatable bonds is 2. The number of nitrogens with two attached hydrogens (primary N) is 1. The van der Waals surface area contributed by atoms with Gasteiger partial charge in [-0.05, 0) is 56.7 Å². The molecule has 7 heteroatoms. The Labute approximate surface area is 132 Å². The van der Waals surface area contributed by atoms with Crippen LogP contribution in [-0.4, -0.2) is 42.5 Å². The van der Waals surface area contributed by atoms with Gasteiger partial charge in [-0.1, -0.05) is 0 Å². The predicted octanol–water partition coefficient (Wildman–Crippen LogP) is 1.38. The third kappa shape index (κ3) is 3.26. The number of morpholine rings is 1. The maximum atomic E-state index is 12.5. The second-order valence-corrected chi connectivity index (χ2v) is 6.22. The highest BCUT2D eigenvalue weighted by molar-refractivity contribution is 14.1. The average molecular weight is 439 g/mol. The molecule has 1 atom stereocenters. The molecule has 2 N–H and O–H groups in total. The summed E-state index contributed by atoms with van der Waals surface area (Å²) in [6.45, 7) is 0.935. The maximum absolute atomic E-state index is 12.5. The number of primary amides is 1. The molecule has 1 aromatic rings. The number of benzene rings is 1. The molecule has 1 heterocycles. The summed E-state index contributed by atoms with van der Waals surface area (Å²) in [5.74, 6) is -0.757. The van der Waals surface area contributed by atoms with Crippen LogP contribution < -0.4 is 5.73 Å². The van der Waals surface area contributed by atoms with E-state index in [4.69, 9.17) is 10.5 Å². The van der Waals surface area contributed by atoms with Gasteiger partial charge in [0.15, 0.2) is 0 Å². The fourth-order valence-electron chi connectivity index (χ4n) is 1.90. The zero-order valence-corrected chi connectivity index (χ0v) is 13.7. The molecule has 0 radical (unpaired) electrons. The summed E-state index contributed by atoms with van der Waals surface area (Å²) in [5, 5.41) is 0. The van der Waals surface area contributed by atoms with Crippen molar-refractivity contribution in [3.63, 3.8) is 0 Å². The Morgan fingerprint density at radius 3 is 2.89 bits per heavy atom. The first-order valence-electron chi connectivity index (χ1n) is 5.64. The number of hydrogen-bond acceptors (Lipinski definition) is 3. The van der Waals surface area contributed by atoms with E-state index >= 15 is 0 Å². The van der Waals surface area contributed by atoms with Crippen LogP contribution in [0.15, 0.2) is 22.7 Å². The fourth-order valence-corrected chi connectivity index (χ4v) is 2.81. The Hall–Kier alpha value is -0.670. The number of hydrogen-bond donors (Lipinski definition) is 1. The summed E-state index contributed by atoms with van der Waals surface area (Å²) < 4.78 is 6.86. The third-order valence-corrected chi connectivity index (χ3v) is 4.24. The lowest BCUT2D eigenvalue weighted by Crippen LogP contribution is -2.54. The fraction of sp³-hybridized carbons (Fsp3) is 0.333. The third-order valence-electron chi connectivity index (χ3n) is 2.88. The monoisotopic (exact) mass is 438 g/mol. The molecule has 2 amide bonds. The van der Waals surface area contributed by atoms with Gasteiger partial charge in [0.2, 0.25) is 5.91 Å². The smallest absolute Gasteiger partial charge is 0.255 e. The molecule has 1 saturated heterocycles. The van der Waals surface area contributed by atoms with Crippen LogP contribution in [0.1, 0.15) is 10.4 Å². The number of carbonyl (C=O) groups is 2. The molecule has 1 unspecified atom stereocenters. The SMILES string of the molecule is NC(=O)C1COCCN1C(=O)c1cc(I)ccc1Br. The van der Waals surface area contributed by atoms with Crippen molar-refractivity contribution < 1.29 is 14.3 Å². The second-order valence-electron chi connectivity index (χ2n) is 4.12. The van der Waals surface area contributed by atoms with Gasteiger partial charge in [-0.25, -0.2) is 0 Å². The number of nitrogens with zero attached hydrogens (tertiary/aromatic N) is 1. The Kier molecular flexibility index (Phi) is 4.80. The van der Waals surface area contributed by atoms with Gasteiger partial charge in [0.1, 0.15) is 6.04 Å². The minimum Gasteiger partial charge on any atom is -0.377 e. The number of carbonyl (C=O) groups excluding carboxylic acids is 2. The molecule has 5 nitrogen and oxygen atoms in total. The van der Waals surface area contributed by atoms with E-state index in [1.807, 2.05) is 12.1 Å². The summed E-state index contributed by atoms with van der Waals surface area (Å²) in [7, 11) is 0. The molecule has 1 fully saturated rings. The molecule has 1 aliphatic rings. The van der Waals surface area contributed by atoms with E-state index in [0.29, 0.717) is 23.2 Å². The van der Waals surface area contributed by atoms with Crippen LogP contribution in [0.3, 0.4) is 0 Å². The first-order chi connectivity index (χ1) is 9.00. The molecule has 0 aliphatic carbocycles. The van der Waals surface area contributed by atoms with Crippen LogP contribution in [-0.2, 0) is 9.53 Å². The van der Waals surface area contributed by atoms with E-state index in [0.717, 1.165) is 3.57 Å². The molecule has 1 aromatic carbocycles. The van der Waals surface area contributed by atoms with Crippen LogP contribution in [0.4, 0.5) is 0 Å². The normalized spacial score (nSPS) is 19.3. The highest BCUT2D eigenvalue weighted by Crippen LogP contribution is 2.22. The van der Waals surface area contributed by atoms with E-state index < -0.39 is 11.9 Å². The van der Waals surface area contributed by atoms with Gasteiger partial charge in [-0.2, -0.15) is 0 Å². The van der Waals surface area contributed by atoms with Crippen LogP contribution in [0.25, 0.3) is 0 Å². The lowest BCUT2D eigenvalue weighted by molar-refractivity contribution is -0.127. The highest BCUT2D eigenvalue weighted by Gasteiger charge is 2.32. The molecule has 19 heavy (non-hydrogen) atoms. The van der Waals surface area contributed by atoms with E-state index in [2.05, 4.69) is 38.5 Å². The molecule has 0 aromatic heterocycles. The summed E-state index contributed by atoms with van der Waals surface area (Å²) >= 11 is 5.49. The molecule has 102 valence electrons. The molecule has 2 rings (SSSR count). The van der Waals surface area contributed by atoms with Gasteiger partial charge < -0.3 is 15.4 Å². The Morgan fingerprint density at radius 1 is 1.47 bits per heavy atom. The van der Waals surface area contributed by atoms with Crippen molar-refractivity contribution in [1.29, 1.82) is 0 Å². The highest BCUT2D eigenvalue weighted by atomic mass is 127. The minimum absolute atomic E-state index is 0.155. The Balaban J connectivity index is 2.31. The lowest BCUT2D eigenvalue weighted by atomic mass is 10.1. The molecule has 0 saturated carbocycles. The van der Waals surface area contributed by atoms with Crippen LogP contribution in [0, 0.1) is 3.57 Å². The van der Waals surface area contributed by atoms with Crippen molar-refractivity contribution in [2.45, 2.75) is 6.04 Å². The zero-order valence-electron chi connectivity index (χ0n) is 9.94. The maximum Gasteiger partial charge on any atom is 0.255 e.